The van der Waals surface area contributed by atoms with Crippen LogP contribution < -0.4 is 9.62 Å². The summed E-state index contributed by atoms with van der Waals surface area (Å²) in [6.45, 7) is 3.75. The van der Waals surface area contributed by atoms with Gasteiger partial charge in [0.2, 0.25) is 10.0 Å². The fraction of sp³-hybridized carbons (Fsp3) is 0.0870. The van der Waals surface area contributed by atoms with Crippen LogP contribution in [0.25, 0.3) is 17.2 Å². The number of anilines is 2. The summed E-state index contributed by atoms with van der Waals surface area (Å²) in [6.07, 6.45) is 2.73. The van der Waals surface area contributed by atoms with Crippen molar-refractivity contribution in [2.75, 3.05) is 22.9 Å². The zero-order chi connectivity index (χ0) is 21.0. The maximum absolute atomic E-state index is 12.9. The fourth-order valence-electron chi connectivity index (χ4n) is 2.97. The third-order valence-corrected chi connectivity index (χ3v) is 5.81. The van der Waals surface area contributed by atoms with E-state index in [9.17, 15) is 13.2 Å². The van der Waals surface area contributed by atoms with Crippen LogP contribution in [0.3, 0.4) is 0 Å². The summed E-state index contributed by atoms with van der Waals surface area (Å²) in [4.78, 5) is 12.9. The SMILES string of the molecule is C=Cc1ccccc1C(=O)Nc1cc(-c2ccccc2)ccc1N(C)S(C)(=O)=O. The number of nitrogens with zero attached hydrogens (tertiary/aromatic N) is 1. The lowest BCUT2D eigenvalue weighted by atomic mass is 10.0. The Morgan fingerprint density at radius 3 is 2.28 bits per heavy atom. The van der Waals surface area contributed by atoms with E-state index in [1.807, 2.05) is 42.5 Å². The molecule has 0 spiro atoms. The number of nitrogens with one attached hydrogen (secondary N) is 1. The number of hydrogen-bond acceptors (Lipinski definition) is 3. The smallest absolute Gasteiger partial charge is 0.256 e. The number of amides is 1. The van der Waals surface area contributed by atoms with Crippen LogP contribution in [0.5, 0.6) is 0 Å². The van der Waals surface area contributed by atoms with Crippen molar-refractivity contribution >= 4 is 33.4 Å². The average Bonchev–Trinajstić information content (AvgIpc) is 2.73. The molecule has 6 heteroatoms. The third kappa shape index (κ3) is 4.55. The Labute approximate surface area is 171 Å². The van der Waals surface area contributed by atoms with Gasteiger partial charge in [-0.15, -0.1) is 0 Å². The molecule has 0 radical (unpaired) electrons. The molecular weight excluding hydrogens is 384 g/mol. The highest BCUT2D eigenvalue weighted by Gasteiger charge is 2.19. The van der Waals surface area contributed by atoms with E-state index >= 15 is 0 Å². The average molecular weight is 407 g/mol. The normalized spacial score (nSPS) is 11.0. The van der Waals surface area contributed by atoms with Gasteiger partial charge in [-0.2, -0.15) is 0 Å². The maximum Gasteiger partial charge on any atom is 0.256 e. The molecule has 29 heavy (non-hydrogen) atoms. The number of hydrogen-bond donors (Lipinski definition) is 1. The molecular formula is C23H22N2O3S. The molecule has 0 unspecified atom stereocenters. The minimum absolute atomic E-state index is 0.339. The molecule has 0 aliphatic rings. The van der Waals surface area contributed by atoms with Crippen molar-refractivity contribution in [1.82, 2.24) is 0 Å². The minimum atomic E-state index is -3.50. The van der Waals surface area contributed by atoms with Gasteiger partial charge in [-0.1, -0.05) is 67.3 Å². The van der Waals surface area contributed by atoms with E-state index in [4.69, 9.17) is 0 Å². The van der Waals surface area contributed by atoms with Crippen LogP contribution in [0, 0.1) is 0 Å². The first-order valence-electron chi connectivity index (χ1n) is 8.97. The number of carbonyl (C=O) groups excluding carboxylic acids is 1. The number of carbonyl (C=O) groups is 1. The van der Waals surface area contributed by atoms with Crippen LogP contribution in [0.4, 0.5) is 11.4 Å². The monoisotopic (exact) mass is 406 g/mol. The van der Waals surface area contributed by atoms with Crippen LogP contribution in [-0.4, -0.2) is 27.6 Å². The largest absolute Gasteiger partial charge is 0.320 e. The van der Waals surface area contributed by atoms with Crippen LogP contribution in [0.2, 0.25) is 0 Å². The maximum atomic E-state index is 12.9. The molecule has 0 aliphatic heterocycles. The topological polar surface area (TPSA) is 66.5 Å². The van der Waals surface area contributed by atoms with E-state index in [0.717, 1.165) is 21.7 Å². The van der Waals surface area contributed by atoms with E-state index in [2.05, 4.69) is 11.9 Å². The zero-order valence-electron chi connectivity index (χ0n) is 16.3. The molecule has 0 aliphatic carbocycles. The molecule has 0 heterocycles. The van der Waals surface area contributed by atoms with Gasteiger partial charge in [-0.3, -0.25) is 9.10 Å². The first-order valence-corrected chi connectivity index (χ1v) is 10.8. The molecule has 0 bridgehead atoms. The number of rotatable bonds is 6. The highest BCUT2D eigenvalue weighted by Crippen LogP contribution is 2.32. The predicted molar refractivity (Wildman–Crippen MR) is 120 cm³/mol. The number of sulfonamides is 1. The Morgan fingerprint density at radius 2 is 1.62 bits per heavy atom. The van der Waals surface area contributed by atoms with Crippen molar-refractivity contribution in [3.05, 3.63) is 90.5 Å². The van der Waals surface area contributed by atoms with Gasteiger partial charge >= 0.3 is 0 Å². The predicted octanol–water partition coefficient (Wildman–Crippen LogP) is 4.64. The molecule has 0 saturated heterocycles. The Kier molecular flexibility index (Phi) is 5.84. The molecule has 148 valence electrons. The van der Waals surface area contributed by atoms with Crippen LogP contribution in [0.15, 0.2) is 79.4 Å². The van der Waals surface area contributed by atoms with Gasteiger partial charge in [-0.05, 0) is 34.9 Å². The Morgan fingerprint density at radius 1 is 0.966 bits per heavy atom. The second-order valence-corrected chi connectivity index (χ2v) is 8.59. The molecule has 1 N–H and O–H groups in total. The van der Waals surface area contributed by atoms with E-state index in [1.165, 1.54) is 7.05 Å². The minimum Gasteiger partial charge on any atom is -0.320 e. The zero-order valence-corrected chi connectivity index (χ0v) is 17.1. The van der Waals surface area contributed by atoms with Gasteiger partial charge in [0.25, 0.3) is 5.91 Å². The van der Waals surface area contributed by atoms with Crippen LogP contribution >= 0.6 is 0 Å². The summed E-state index contributed by atoms with van der Waals surface area (Å²) >= 11 is 0. The lowest BCUT2D eigenvalue weighted by molar-refractivity contribution is 0.102. The van der Waals surface area contributed by atoms with Crippen molar-refractivity contribution in [3.8, 4) is 11.1 Å². The second-order valence-electron chi connectivity index (χ2n) is 6.57. The second kappa shape index (κ2) is 8.32. The third-order valence-electron chi connectivity index (χ3n) is 4.61. The van der Waals surface area contributed by atoms with Crippen molar-refractivity contribution < 1.29 is 13.2 Å². The summed E-state index contributed by atoms with van der Waals surface area (Å²) in [5.74, 6) is -0.339. The Balaban J connectivity index is 2.08. The summed E-state index contributed by atoms with van der Waals surface area (Å²) in [5.41, 5.74) is 3.77. The highest BCUT2D eigenvalue weighted by molar-refractivity contribution is 7.92. The van der Waals surface area contributed by atoms with E-state index in [0.29, 0.717) is 22.5 Å². The van der Waals surface area contributed by atoms with E-state index in [-0.39, 0.29) is 5.91 Å². The van der Waals surface area contributed by atoms with E-state index in [1.54, 1.807) is 36.4 Å². The summed E-state index contributed by atoms with van der Waals surface area (Å²) in [5, 5.41) is 2.87. The molecule has 3 rings (SSSR count). The van der Waals surface area contributed by atoms with Crippen molar-refractivity contribution in [1.29, 1.82) is 0 Å². The highest BCUT2D eigenvalue weighted by atomic mass is 32.2. The molecule has 3 aromatic carbocycles. The molecule has 0 saturated carbocycles. The van der Waals surface area contributed by atoms with Gasteiger partial charge in [-0.25, -0.2) is 8.42 Å². The molecule has 1 amide bonds. The summed E-state index contributed by atoms with van der Waals surface area (Å²) in [7, 11) is -2.04. The molecule has 0 atom stereocenters. The van der Waals surface area contributed by atoms with Gasteiger partial charge in [0.1, 0.15) is 0 Å². The Hall–Kier alpha value is -3.38. The van der Waals surface area contributed by atoms with Crippen LogP contribution in [-0.2, 0) is 10.0 Å². The molecule has 5 nitrogen and oxygen atoms in total. The lowest BCUT2D eigenvalue weighted by Gasteiger charge is -2.21. The lowest BCUT2D eigenvalue weighted by Crippen LogP contribution is -2.26. The Bertz CT molecular complexity index is 1160. The van der Waals surface area contributed by atoms with Gasteiger partial charge in [0.15, 0.2) is 0 Å². The quantitative estimate of drug-likeness (QED) is 0.648. The fourth-order valence-corrected chi connectivity index (χ4v) is 3.49. The van der Waals surface area contributed by atoms with Gasteiger partial charge < -0.3 is 5.32 Å². The first kappa shape index (κ1) is 20.4. The van der Waals surface area contributed by atoms with Crippen molar-refractivity contribution in [2.24, 2.45) is 0 Å². The molecule has 3 aromatic rings. The van der Waals surface area contributed by atoms with E-state index < -0.39 is 10.0 Å². The summed E-state index contributed by atoms with van der Waals surface area (Å²) in [6, 6.07) is 22.1. The molecule has 0 fully saturated rings. The van der Waals surface area contributed by atoms with Crippen LogP contribution in [0.1, 0.15) is 15.9 Å². The summed E-state index contributed by atoms with van der Waals surface area (Å²) < 4.78 is 25.3. The molecule has 0 aromatic heterocycles. The van der Waals surface area contributed by atoms with Crippen molar-refractivity contribution in [3.63, 3.8) is 0 Å². The van der Waals surface area contributed by atoms with Crippen molar-refractivity contribution in [2.45, 2.75) is 0 Å². The standard InChI is InChI=1S/C23H22N2O3S/c1-4-17-10-8-9-13-20(17)23(26)24-21-16-19(18-11-6-5-7-12-18)14-15-22(21)25(2)29(3,27)28/h4-16H,1H2,2-3H3,(H,24,26). The van der Waals surface area contributed by atoms with Gasteiger partial charge in [0.05, 0.1) is 17.6 Å². The van der Waals surface area contributed by atoms with Gasteiger partial charge in [0, 0.05) is 12.6 Å². The first-order chi connectivity index (χ1) is 13.8. The number of benzene rings is 3.